The van der Waals surface area contributed by atoms with Gasteiger partial charge in [-0.05, 0) is 36.5 Å². The van der Waals surface area contributed by atoms with Gasteiger partial charge in [-0.25, -0.2) is 0 Å². The lowest BCUT2D eigenvalue weighted by atomic mass is 10.3. The van der Waals surface area contributed by atoms with Gasteiger partial charge in [0.1, 0.15) is 35.2 Å². The van der Waals surface area contributed by atoms with Crippen LogP contribution in [0, 0.1) is 4.77 Å². The fourth-order valence-electron chi connectivity index (χ4n) is 1.73. The van der Waals surface area contributed by atoms with Crippen molar-refractivity contribution in [3.05, 3.63) is 63.0 Å². The summed E-state index contributed by atoms with van der Waals surface area (Å²) in [4.78, 5) is 0. The molecule has 2 aromatic heterocycles. The van der Waals surface area contributed by atoms with Crippen LogP contribution in [0.1, 0.15) is 11.5 Å². The van der Waals surface area contributed by atoms with Crippen LogP contribution in [0.5, 0.6) is 5.75 Å². The number of nitrogens with zero attached hydrogens (tertiary/aromatic N) is 3. The van der Waals surface area contributed by atoms with Crippen molar-refractivity contribution >= 4 is 41.6 Å². The summed E-state index contributed by atoms with van der Waals surface area (Å²) in [5.74, 6) is 1.68. The minimum atomic E-state index is 0.221. The van der Waals surface area contributed by atoms with Gasteiger partial charge in [-0.1, -0.05) is 29.3 Å². The highest BCUT2D eigenvalue weighted by Gasteiger charge is 2.07. The fourth-order valence-corrected chi connectivity index (χ4v) is 2.22. The van der Waals surface area contributed by atoms with Crippen molar-refractivity contribution in [2.45, 2.75) is 6.61 Å². The summed E-state index contributed by atoms with van der Waals surface area (Å²) in [5, 5.41) is 11.3. The molecule has 0 spiro atoms. The monoisotopic (exact) mass is 368 g/mol. The Morgan fingerprint density at radius 3 is 3.00 bits per heavy atom. The van der Waals surface area contributed by atoms with Crippen molar-refractivity contribution in [1.29, 1.82) is 0 Å². The van der Waals surface area contributed by atoms with Crippen molar-refractivity contribution in [3.63, 3.8) is 0 Å². The molecule has 0 aliphatic heterocycles. The zero-order valence-electron chi connectivity index (χ0n) is 11.6. The topological polar surface area (TPSA) is 68.3 Å². The first kappa shape index (κ1) is 15.8. The maximum Gasteiger partial charge on any atom is 0.216 e. The molecule has 0 radical (unpaired) electrons. The molecule has 1 N–H and O–H groups in total. The van der Waals surface area contributed by atoms with E-state index in [-0.39, 0.29) is 6.61 Å². The molecule has 1 aromatic carbocycles. The van der Waals surface area contributed by atoms with Crippen LogP contribution in [-0.4, -0.2) is 21.1 Å². The Morgan fingerprint density at radius 2 is 2.22 bits per heavy atom. The van der Waals surface area contributed by atoms with E-state index in [1.165, 1.54) is 17.2 Å². The van der Waals surface area contributed by atoms with Crippen LogP contribution in [0.4, 0.5) is 0 Å². The molecule has 0 bridgehead atoms. The molecular formula is C14H10Cl2N4O2S. The predicted molar refractivity (Wildman–Crippen MR) is 89.9 cm³/mol. The zero-order chi connectivity index (χ0) is 16.2. The van der Waals surface area contributed by atoms with Crippen molar-refractivity contribution in [2.24, 2.45) is 5.10 Å². The van der Waals surface area contributed by atoms with Gasteiger partial charge in [0.25, 0.3) is 0 Å². The number of halogens is 2. The number of ether oxygens (including phenoxy) is 1. The molecule has 0 unspecified atom stereocenters. The van der Waals surface area contributed by atoms with Crippen LogP contribution in [0.25, 0.3) is 0 Å². The van der Waals surface area contributed by atoms with Gasteiger partial charge in [0, 0.05) is 0 Å². The van der Waals surface area contributed by atoms with Crippen molar-refractivity contribution in [1.82, 2.24) is 14.9 Å². The highest BCUT2D eigenvalue weighted by atomic mass is 35.5. The predicted octanol–water partition coefficient (Wildman–Crippen LogP) is 4.30. The van der Waals surface area contributed by atoms with Crippen LogP contribution >= 0.6 is 35.4 Å². The highest BCUT2D eigenvalue weighted by molar-refractivity contribution is 7.71. The van der Waals surface area contributed by atoms with Crippen LogP contribution in [0.2, 0.25) is 10.0 Å². The van der Waals surface area contributed by atoms with Crippen molar-refractivity contribution in [2.75, 3.05) is 0 Å². The second kappa shape index (κ2) is 6.99. The number of furan rings is 1. The van der Waals surface area contributed by atoms with Gasteiger partial charge in [-0.2, -0.15) is 14.9 Å². The van der Waals surface area contributed by atoms with E-state index in [0.717, 1.165) is 0 Å². The van der Waals surface area contributed by atoms with Crippen molar-refractivity contribution < 1.29 is 9.15 Å². The summed E-state index contributed by atoms with van der Waals surface area (Å²) in [6, 6.07) is 8.75. The third-order valence-electron chi connectivity index (χ3n) is 2.81. The normalized spacial score (nSPS) is 11.2. The maximum absolute atomic E-state index is 6.06. The molecular weight excluding hydrogens is 359 g/mol. The summed E-state index contributed by atoms with van der Waals surface area (Å²) in [6.07, 6.45) is 2.99. The Hall–Kier alpha value is -2.09. The smallest absolute Gasteiger partial charge is 0.216 e. The first-order chi connectivity index (χ1) is 11.1. The van der Waals surface area contributed by atoms with Gasteiger partial charge in [0.2, 0.25) is 4.77 Å². The van der Waals surface area contributed by atoms with E-state index < -0.39 is 0 Å². The first-order valence-corrected chi connectivity index (χ1v) is 7.62. The Balaban J connectivity index is 1.66. The van der Waals surface area contributed by atoms with Gasteiger partial charge in [0.15, 0.2) is 0 Å². The number of benzene rings is 1. The van der Waals surface area contributed by atoms with Gasteiger partial charge >= 0.3 is 0 Å². The van der Waals surface area contributed by atoms with Crippen LogP contribution in [-0.2, 0) is 6.61 Å². The molecule has 0 aliphatic rings. The van der Waals surface area contributed by atoms with Gasteiger partial charge in [0.05, 0.1) is 11.2 Å². The molecule has 0 aliphatic carbocycles. The van der Waals surface area contributed by atoms with Crippen molar-refractivity contribution in [3.8, 4) is 5.75 Å². The Bertz CT molecular complexity index is 900. The molecule has 0 amide bonds. The number of aromatic nitrogens is 3. The number of hydrogen-bond donors (Lipinski definition) is 1. The van der Waals surface area contributed by atoms with E-state index in [1.807, 2.05) is 0 Å². The highest BCUT2D eigenvalue weighted by Crippen LogP contribution is 2.31. The molecule has 0 atom stereocenters. The first-order valence-electron chi connectivity index (χ1n) is 6.45. The number of H-pyrrole nitrogens is 1. The Morgan fingerprint density at radius 1 is 1.35 bits per heavy atom. The van der Waals surface area contributed by atoms with Crippen LogP contribution in [0.15, 0.2) is 46.2 Å². The van der Waals surface area contributed by atoms with E-state index in [9.17, 15) is 0 Å². The molecule has 118 valence electrons. The van der Waals surface area contributed by atoms with E-state index in [0.29, 0.717) is 32.1 Å². The van der Waals surface area contributed by atoms with E-state index in [1.54, 1.807) is 30.3 Å². The summed E-state index contributed by atoms with van der Waals surface area (Å²) in [5.41, 5.74) is 0. The second-order valence-electron chi connectivity index (χ2n) is 4.40. The summed E-state index contributed by atoms with van der Waals surface area (Å²) in [6.45, 7) is 0.221. The van der Waals surface area contributed by atoms with Gasteiger partial charge in [-0.3, -0.25) is 5.10 Å². The molecule has 6 nitrogen and oxygen atoms in total. The third kappa shape index (κ3) is 3.82. The van der Waals surface area contributed by atoms with E-state index >= 15 is 0 Å². The largest absolute Gasteiger partial charge is 0.484 e. The quantitative estimate of drug-likeness (QED) is 0.538. The molecule has 2 heterocycles. The van der Waals surface area contributed by atoms with Gasteiger partial charge in [-0.15, -0.1) is 0 Å². The minimum Gasteiger partial charge on any atom is -0.484 e. The molecule has 9 heteroatoms. The average molecular weight is 369 g/mol. The van der Waals surface area contributed by atoms with E-state index in [4.69, 9.17) is 44.6 Å². The molecule has 23 heavy (non-hydrogen) atoms. The number of nitrogens with one attached hydrogen (secondary N) is 1. The third-order valence-corrected chi connectivity index (χ3v) is 3.89. The lowest BCUT2D eigenvalue weighted by Crippen LogP contribution is -1.94. The number of aromatic amines is 1. The summed E-state index contributed by atoms with van der Waals surface area (Å²) >= 11 is 17.0. The fraction of sp³-hybridized carbons (Fsp3) is 0.0714. The molecule has 0 fully saturated rings. The number of hydrogen-bond acceptors (Lipinski definition) is 5. The lowest BCUT2D eigenvalue weighted by molar-refractivity contribution is 0.270. The van der Waals surface area contributed by atoms with Crippen LogP contribution in [0.3, 0.4) is 0 Å². The maximum atomic E-state index is 6.06. The van der Waals surface area contributed by atoms with Gasteiger partial charge < -0.3 is 9.15 Å². The Kier molecular flexibility index (Phi) is 4.80. The second-order valence-corrected chi connectivity index (χ2v) is 5.57. The average Bonchev–Trinajstić information content (AvgIpc) is 3.15. The zero-order valence-corrected chi connectivity index (χ0v) is 13.9. The molecule has 0 saturated heterocycles. The molecule has 0 saturated carbocycles. The molecule has 3 aromatic rings. The SMILES string of the molecule is S=c1[nH]ncn1/N=C/c1ccc(COc2cccc(Cl)c2Cl)o1. The van der Waals surface area contributed by atoms with E-state index in [2.05, 4.69) is 15.3 Å². The van der Waals surface area contributed by atoms with Crippen LogP contribution < -0.4 is 4.74 Å². The summed E-state index contributed by atoms with van der Waals surface area (Å²) in [7, 11) is 0. The lowest BCUT2D eigenvalue weighted by Gasteiger charge is -2.06. The number of rotatable bonds is 5. The Labute approximate surface area is 146 Å². The molecule has 3 rings (SSSR count). The minimum absolute atomic E-state index is 0.221. The summed E-state index contributed by atoms with van der Waals surface area (Å²) < 4.78 is 13.0. The standard InChI is InChI=1S/C14H10Cl2N4O2S/c15-11-2-1-3-12(13(11)16)21-7-10-5-4-9(22-10)6-18-20-8-17-19-14(20)23/h1-6,8H,7H2,(H,19,23)/b18-6+.